The van der Waals surface area contributed by atoms with Crippen molar-refractivity contribution in [2.24, 2.45) is 5.92 Å². The lowest BCUT2D eigenvalue weighted by Crippen LogP contribution is -2.00. The highest BCUT2D eigenvalue weighted by atomic mass is 14.1. The fourth-order valence-corrected chi connectivity index (χ4v) is 1.77. The molecule has 0 aliphatic heterocycles. The van der Waals surface area contributed by atoms with Crippen LogP contribution in [0.3, 0.4) is 0 Å². The van der Waals surface area contributed by atoms with Crippen LogP contribution in [0.5, 0.6) is 0 Å². The first-order valence-electron chi connectivity index (χ1n) is 5.97. The zero-order valence-electron chi connectivity index (χ0n) is 10.2. The molecule has 0 fully saturated rings. The van der Waals surface area contributed by atoms with Gasteiger partial charge in [0.05, 0.1) is 0 Å². The molecule has 0 saturated heterocycles. The van der Waals surface area contributed by atoms with Crippen LogP contribution in [0.25, 0.3) is 0 Å². The predicted molar refractivity (Wildman–Crippen MR) is 66.5 cm³/mol. The maximum absolute atomic E-state index is 3.79. The van der Waals surface area contributed by atoms with Crippen LogP contribution in [-0.4, -0.2) is 0 Å². The Balaban J connectivity index is 3.77. The minimum atomic E-state index is 0.910. The second-order valence-corrected chi connectivity index (χ2v) is 4.19. The fraction of sp³-hybridized carbons (Fsp3) is 0.714. The van der Waals surface area contributed by atoms with Crippen LogP contribution in [0.15, 0.2) is 24.3 Å². The summed E-state index contributed by atoms with van der Waals surface area (Å²) >= 11 is 0. The van der Waals surface area contributed by atoms with Gasteiger partial charge in [0.1, 0.15) is 0 Å². The van der Waals surface area contributed by atoms with Crippen molar-refractivity contribution < 1.29 is 0 Å². The molecule has 14 heavy (non-hydrogen) atoms. The van der Waals surface area contributed by atoms with Crippen molar-refractivity contribution in [2.75, 3.05) is 0 Å². The summed E-state index contributed by atoms with van der Waals surface area (Å²) in [6.07, 6.45) is 12.1. The quantitative estimate of drug-likeness (QED) is 0.471. The van der Waals surface area contributed by atoms with Gasteiger partial charge < -0.3 is 0 Å². The van der Waals surface area contributed by atoms with Crippen LogP contribution < -0.4 is 0 Å². The Bertz CT molecular complexity index is 165. The molecule has 0 bridgehead atoms. The highest BCUT2D eigenvalue weighted by Crippen LogP contribution is 2.21. The summed E-state index contributed by atoms with van der Waals surface area (Å²) in [6.45, 7) is 10.4. The van der Waals surface area contributed by atoms with Gasteiger partial charge in [-0.15, -0.1) is 6.58 Å². The predicted octanol–water partition coefficient (Wildman–Crippen LogP) is 5.12. The van der Waals surface area contributed by atoms with E-state index in [-0.39, 0.29) is 0 Å². The molecule has 0 heterocycles. The monoisotopic (exact) mass is 194 g/mol. The highest BCUT2D eigenvalue weighted by Gasteiger charge is 2.06. The Hall–Kier alpha value is -0.520. The van der Waals surface area contributed by atoms with E-state index in [4.69, 9.17) is 0 Å². The van der Waals surface area contributed by atoms with Crippen molar-refractivity contribution in [3.63, 3.8) is 0 Å². The summed E-state index contributed by atoms with van der Waals surface area (Å²) in [5, 5.41) is 0. The van der Waals surface area contributed by atoms with E-state index in [1.807, 2.05) is 6.08 Å². The molecular formula is C14H26. The Kier molecular flexibility index (Phi) is 8.72. The average Bonchev–Trinajstić information content (AvgIpc) is 2.21. The Morgan fingerprint density at radius 3 is 2.50 bits per heavy atom. The first-order chi connectivity index (χ1) is 6.74. The largest absolute Gasteiger partial charge is 0.103 e. The van der Waals surface area contributed by atoms with Gasteiger partial charge in [0.2, 0.25) is 0 Å². The SMILES string of the molecule is C=CCCC(CCC)CC/C(C)=C\C. The Morgan fingerprint density at radius 1 is 1.29 bits per heavy atom. The zero-order chi connectivity index (χ0) is 10.8. The third-order valence-corrected chi connectivity index (χ3v) is 2.92. The van der Waals surface area contributed by atoms with Crippen LogP contribution in [0.4, 0.5) is 0 Å². The van der Waals surface area contributed by atoms with Crippen LogP contribution in [0.1, 0.15) is 59.3 Å². The molecule has 0 aliphatic carbocycles. The van der Waals surface area contributed by atoms with E-state index in [0.29, 0.717) is 0 Å². The standard InChI is InChI=1S/C14H26/c1-5-8-10-14(9-6-2)12-11-13(4)7-3/h5,7,14H,1,6,8-12H2,2-4H3/b13-7-. The Morgan fingerprint density at radius 2 is 2.00 bits per heavy atom. The molecule has 0 aromatic carbocycles. The second kappa shape index (κ2) is 9.05. The molecule has 0 rings (SSSR count). The van der Waals surface area contributed by atoms with Gasteiger partial charge in [-0.3, -0.25) is 0 Å². The van der Waals surface area contributed by atoms with Crippen LogP contribution in [0.2, 0.25) is 0 Å². The first kappa shape index (κ1) is 13.5. The normalized spacial score (nSPS) is 14.1. The lowest BCUT2D eigenvalue weighted by Gasteiger charge is -2.15. The summed E-state index contributed by atoms with van der Waals surface area (Å²) in [6, 6.07) is 0. The van der Waals surface area contributed by atoms with Crippen LogP contribution >= 0.6 is 0 Å². The fourth-order valence-electron chi connectivity index (χ4n) is 1.77. The third kappa shape index (κ3) is 6.94. The van der Waals surface area contributed by atoms with E-state index in [0.717, 1.165) is 5.92 Å². The number of hydrogen-bond acceptors (Lipinski definition) is 0. The van der Waals surface area contributed by atoms with Crippen LogP contribution in [-0.2, 0) is 0 Å². The molecule has 0 aliphatic rings. The van der Waals surface area contributed by atoms with E-state index >= 15 is 0 Å². The third-order valence-electron chi connectivity index (χ3n) is 2.92. The summed E-state index contributed by atoms with van der Waals surface area (Å²) in [5.41, 5.74) is 1.53. The molecule has 0 aromatic rings. The topological polar surface area (TPSA) is 0 Å². The molecule has 0 heteroatoms. The number of rotatable bonds is 8. The summed E-state index contributed by atoms with van der Waals surface area (Å²) in [7, 11) is 0. The van der Waals surface area contributed by atoms with Gasteiger partial charge in [-0.05, 0) is 45.4 Å². The van der Waals surface area contributed by atoms with Gasteiger partial charge in [0.15, 0.2) is 0 Å². The summed E-state index contributed by atoms with van der Waals surface area (Å²) < 4.78 is 0. The molecule has 82 valence electrons. The van der Waals surface area contributed by atoms with E-state index in [9.17, 15) is 0 Å². The average molecular weight is 194 g/mol. The van der Waals surface area contributed by atoms with Crippen molar-refractivity contribution in [3.8, 4) is 0 Å². The highest BCUT2D eigenvalue weighted by molar-refractivity contribution is 4.95. The molecule has 0 nitrogen and oxygen atoms in total. The van der Waals surface area contributed by atoms with Gasteiger partial charge in [0, 0.05) is 0 Å². The molecule has 0 amide bonds. The maximum Gasteiger partial charge on any atom is -0.0321 e. The lowest BCUT2D eigenvalue weighted by atomic mass is 9.91. The van der Waals surface area contributed by atoms with Crippen molar-refractivity contribution in [2.45, 2.75) is 59.3 Å². The van der Waals surface area contributed by atoms with E-state index < -0.39 is 0 Å². The molecule has 1 atom stereocenters. The van der Waals surface area contributed by atoms with E-state index in [1.54, 1.807) is 0 Å². The van der Waals surface area contributed by atoms with Gasteiger partial charge in [-0.1, -0.05) is 37.5 Å². The molecule has 0 N–H and O–H groups in total. The summed E-state index contributed by atoms with van der Waals surface area (Å²) in [5.74, 6) is 0.910. The molecule has 0 radical (unpaired) electrons. The zero-order valence-corrected chi connectivity index (χ0v) is 10.2. The van der Waals surface area contributed by atoms with Gasteiger partial charge in [-0.25, -0.2) is 0 Å². The minimum absolute atomic E-state index is 0.910. The van der Waals surface area contributed by atoms with E-state index in [1.165, 1.54) is 44.1 Å². The summed E-state index contributed by atoms with van der Waals surface area (Å²) in [4.78, 5) is 0. The molecule has 0 saturated carbocycles. The van der Waals surface area contributed by atoms with Crippen molar-refractivity contribution in [1.29, 1.82) is 0 Å². The lowest BCUT2D eigenvalue weighted by molar-refractivity contribution is 0.418. The first-order valence-corrected chi connectivity index (χ1v) is 5.97. The Labute approximate surface area is 90.1 Å². The number of hydrogen-bond donors (Lipinski definition) is 0. The number of allylic oxidation sites excluding steroid dienone is 3. The van der Waals surface area contributed by atoms with E-state index in [2.05, 4.69) is 33.4 Å². The molecule has 0 aromatic heterocycles. The molecular weight excluding hydrogens is 168 g/mol. The van der Waals surface area contributed by atoms with Gasteiger partial charge >= 0.3 is 0 Å². The van der Waals surface area contributed by atoms with Crippen molar-refractivity contribution in [3.05, 3.63) is 24.3 Å². The molecule has 0 spiro atoms. The second-order valence-electron chi connectivity index (χ2n) is 4.19. The van der Waals surface area contributed by atoms with Gasteiger partial charge in [-0.2, -0.15) is 0 Å². The van der Waals surface area contributed by atoms with Gasteiger partial charge in [0.25, 0.3) is 0 Å². The van der Waals surface area contributed by atoms with Crippen molar-refractivity contribution >= 4 is 0 Å². The smallest absolute Gasteiger partial charge is 0.0321 e. The molecule has 1 unspecified atom stereocenters. The maximum atomic E-state index is 3.79. The van der Waals surface area contributed by atoms with Crippen LogP contribution in [0, 0.1) is 5.92 Å². The minimum Gasteiger partial charge on any atom is -0.103 e. The van der Waals surface area contributed by atoms with Crippen molar-refractivity contribution in [1.82, 2.24) is 0 Å².